The van der Waals surface area contributed by atoms with Crippen molar-refractivity contribution < 1.29 is 14.7 Å². The van der Waals surface area contributed by atoms with E-state index in [0.717, 1.165) is 42.7 Å². The molecule has 1 aromatic carbocycles. The number of carboxylic acid groups (broad SMARTS) is 1. The fourth-order valence-corrected chi connectivity index (χ4v) is 5.29. The van der Waals surface area contributed by atoms with E-state index >= 15 is 0 Å². The molecule has 2 aliphatic rings. The molecular weight excluding hydrogens is 444 g/mol. The lowest BCUT2D eigenvalue weighted by Crippen LogP contribution is -2.59. The van der Waals surface area contributed by atoms with Gasteiger partial charge in [0.05, 0.1) is 5.52 Å². The normalized spacial score (nSPS) is 17.8. The Kier molecular flexibility index (Phi) is 7.05. The van der Waals surface area contributed by atoms with Crippen LogP contribution in [0.5, 0.6) is 0 Å². The minimum absolute atomic E-state index is 0.00159. The van der Waals surface area contributed by atoms with Crippen LogP contribution in [0.15, 0.2) is 18.2 Å². The van der Waals surface area contributed by atoms with Crippen LogP contribution in [0.3, 0.4) is 0 Å². The summed E-state index contributed by atoms with van der Waals surface area (Å²) < 4.78 is 0. The minimum Gasteiger partial charge on any atom is -0.465 e. The first-order valence-electron chi connectivity index (χ1n) is 12.6. The number of fused-ring (bicyclic) bond motifs is 1. The molecule has 190 valence electrons. The third-order valence-corrected chi connectivity index (χ3v) is 7.23. The number of nitrogens with one attached hydrogen (secondary N) is 2. The van der Waals surface area contributed by atoms with E-state index in [1.807, 2.05) is 0 Å². The van der Waals surface area contributed by atoms with Crippen molar-refractivity contribution >= 4 is 34.7 Å². The van der Waals surface area contributed by atoms with Gasteiger partial charge in [-0.25, -0.2) is 9.78 Å². The van der Waals surface area contributed by atoms with Crippen LogP contribution in [0.1, 0.15) is 58.4 Å². The molecule has 2 aromatic rings. The van der Waals surface area contributed by atoms with Crippen molar-refractivity contribution in [3.05, 3.63) is 23.8 Å². The molecule has 2 fully saturated rings. The molecule has 0 saturated carbocycles. The van der Waals surface area contributed by atoms with E-state index in [2.05, 4.69) is 61.4 Å². The molecule has 9 heteroatoms. The zero-order valence-corrected chi connectivity index (χ0v) is 21.5. The van der Waals surface area contributed by atoms with Gasteiger partial charge in [-0.3, -0.25) is 4.79 Å². The molecule has 4 rings (SSSR count). The first-order chi connectivity index (χ1) is 16.6. The van der Waals surface area contributed by atoms with Crippen molar-refractivity contribution in [2.75, 3.05) is 43.4 Å². The molecule has 2 aliphatic heterocycles. The zero-order valence-electron chi connectivity index (χ0n) is 21.5. The number of rotatable bonds is 8. The van der Waals surface area contributed by atoms with Gasteiger partial charge in [0.2, 0.25) is 11.9 Å². The third kappa shape index (κ3) is 5.44. The number of amides is 2. The molecule has 0 aliphatic carbocycles. The Balaban J connectivity index is 1.66. The van der Waals surface area contributed by atoms with Gasteiger partial charge in [-0.2, -0.15) is 4.98 Å². The molecule has 0 radical (unpaired) electrons. The average molecular weight is 483 g/mol. The maximum absolute atomic E-state index is 12.2. The molecule has 3 N–H and O–H groups in total. The van der Waals surface area contributed by atoms with Crippen LogP contribution in [-0.4, -0.2) is 71.2 Å². The van der Waals surface area contributed by atoms with Crippen LogP contribution in [0.4, 0.5) is 16.6 Å². The van der Waals surface area contributed by atoms with Crippen LogP contribution in [0, 0.1) is 11.3 Å². The smallest absolute Gasteiger partial charge is 0.407 e. The van der Waals surface area contributed by atoms with E-state index in [4.69, 9.17) is 9.97 Å². The van der Waals surface area contributed by atoms with E-state index in [1.54, 1.807) is 7.05 Å². The van der Waals surface area contributed by atoms with Crippen molar-refractivity contribution in [2.24, 2.45) is 11.3 Å². The first-order valence-corrected chi connectivity index (χ1v) is 12.6. The summed E-state index contributed by atoms with van der Waals surface area (Å²) in [7, 11) is 1.66. The fraction of sp³-hybridized carbons (Fsp3) is 0.615. The molecule has 3 heterocycles. The highest BCUT2D eigenvalue weighted by atomic mass is 16.4. The number of benzene rings is 1. The lowest BCUT2D eigenvalue weighted by atomic mass is 9.79. The molecule has 1 spiro atoms. The van der Waals surface area contributed by atoms with E-state index in [9.17, 15) is 14.7 Å². The number of anilines is 2. The first kappa shape index (κ1) is 25.0. The molecule has 1 aromatic heterocycles. The lowest BCUT2D eigenvalue weighted by Gasteiger charge is -2.46. The Morgan fingerprint density at radius 2 is 1.89 bits per heavy atom. The van der Waals surface area contributed by atoms with Crippen molar-refractivity contribution in [3.8, 4) is 0 Å². The van der Waals surface area contributed by atoms with E-state index in [1.165, 1.54) is 10.5 Å². The van der Waals surface area contributed by atoms with Gasteiger partial charge < -0.3 is 25.5 Å². The van der Waals surface area contributed by atoms with Gasteiger partial charge in [-0.15, -0.1) is 0 Å². The Labute approximate surface area is 207 Å². The van der Waals surface area contributed by atoms with Gasteiger partial charge in [0.1, 0.15) is 5.82 Å². The van der Waals surface area contributed by atoms with Crippen molar-refractivity contribution in [1.82, 2.24) is 20.2 Å². The topological polar surface area (TPSA) is 111 Å². The number of aromatic nitrogens is 2. The number of hydrogen-bond acceptors (Lipinski definition) is 6. The summed E-state index contributed by atoms with van der Waals surface area (Å²) in [6.45, 7) is 11.3. The SMILES string of the molecule is CNC(=O)C[C@H](CC(C)C)Nc1nc(N2CCC3(CN(C(=O)O)C3)C2)nc2cc(C(C)C)ccc12. The number of carbonyl (C=O) groups is 2. The minimum atomic E-state index is -0.851. The van der Waals surface area contributed by atoms with Crippen LogP contribution in [-0.2, 0) is 4.79 Å². The molecule has 1 atom stereocenters. The Morgan fingerprint density at radius 3 is 2.51 bits per heavy atom. The Bertz CT molecular complexity index is 1100. The largest absolute Gasteiger partial charge is 0.465 e. The molecular formula is C26H38N6O3. The van der Waals surface area contributed by atoms with E-state index in [-0.39, 0.29) is 17.4 Å². The fourth-order valence-electron chi connectivity index (χ4n) is 5.29. The zero-order chi connectivity index (χ0) is 25.3. The summed E-state index contributed by atoms with van der Waals surface area (Å²) in [5.74, 6) is 2.21. The highest BCUT2D eigenvalue weighted by Crippen LogP contribution is 2.41. The highest BCUT2D eigenvalue weighted by molar-refractivity contribution is 5.91. The second kappa shape index (κ2) is 9.87. The Hall–Kier alpha value is -3.10. The maximum atomic E-state index is 12.2. The maximum Gasteiger partial charge on any atom is 0.407 e. The molecule has 35 heavy (non-hydrogen) atoms. The lowest BCUT2D eigenvalue weighted by molar-refractivity contribution is -0.120. The number of nitrogens with zero attached hydrogens (tertiary/aromatic N) is 4. The molecule has 0 unspecified atom stereocenters. The summed E-state index contributed by atoms with van der Waals surface area (Å²) in [4.78, 5) is 37.0. The second-order valence-corrected chi connectivity index (χ2v) is 11.0. The van der Waals surface area contributed by atoms with Crippen LogP contribution < -0.4 is 15.5 Å². The van der Waals surface area contributed by atoms with E-state index < -0.39 is 6.09 Å². The summed E-state index contributed by atoms with van der Waals surface area (Å²) in [5.41, 5.74) is 2.09. The quantitative estimate of drug-likeness (QED) is 0.523. The van der Waals surface area contributed by atoms with Gasteiger partial charge >= 0.3 is 6.09 Å². The summed E-state index contributed by atoms with van der Waals surface area (Å²) in [6.07, 6.45) is 1.30. The van der Waals surface area contributed by atoms with Crippen LogP contribution in [0.2, 0.25) is 0 Å². The number of hydrogen-bond donors (Lipinski definition) is 3. The Morgan fingerprint density at radius 1 is 1.14 bits per heavy atom. The average Bonchev–Trinajstić information content (AvgIpc) is 3.23. The molecule has 0 bridgehead atoms. The number of likely N-dealkylation sites (tertiary alicyclic amines) is 1. The van der Waals surface area contributed by atoms with Gasteiger partial charge in [0, 0.05) is 56.5 Å². The van der Waals surface area contributed by atoms with E-state index in [0.29, 0.717) is 37.3 Å². The van der Waals surface area contributed by atoms with Crippen molar-refractivity contribution in [3.63, 3.8) is 0 Å². The standard InChI is InChI=1S/C26H38N6O3/c1-16(2)10-19(12-22(33)27-5)28-23-20-7-6-18(17(3)4)11-21(20)29-24(30-23)31-9-8-26(13-31)14-32(15-26)25(34)35/h6-7,11,16-17,19H,8-10,12-15H2,1-5H3,(H,27,33)(H,34,35)(H,28,29,30)/t19-/m0/s1. The predicted octanol–water partition coefficient (Wildman–Crippen LogP) is 3.91. The van der Waals surface area contributed by atoms with Gasteiger partial charge in [-0.05, 0) is 42.4 Å². The summed E-state index contributed by atoms with van der Waals surface area (Å²) in [5, 5.41) is 16.5. The van der Waals surface area contributed by atoms with Gasteiger partial charge in [-0.1, -0.05) is 33.8 Å². The second-order valence-electron chi connectivity index (χ2n) is 11.0. The highest BCUT2D eigenvalue weighted by Gasteiger charge is 2.50. The van der Waals surface area contributed by atoms with Gasteiger partial charge in [0.25, 0.3) is 0 Å². The van der Waals surface area contributed by atoms with Gasteiger partial charge in [0.15, 0.2) is 0 Å². The molecule has 2 amide bonds. The van der Waals surface area contributed by atoms with Crippen molar-refractivity contribution in [1.29, 1.82) is 0 Å². The van der Waals surface area contributed by atoms with Crippen LogP contribution in [0.25, 0.3) is 10.9 Å². The molecule has 9 nitrogen and oxygen atoms in total. The number of carbonyl (C=O) groups excluding carboxylic acids is 1. The summed E-state index contributed by atoms with van der Waals surface area (Å²) in [6, 6.07) is 6.28. The predicted molar refractivity (Wildman–Crippen MR) is 138 cm³/mol. The van der Waals surface area contributed by atoms with Crippen molar-refractivity contribution in [2.45, 2.75) is 58.9 Å². The van der Waals surface area contributed by atoms with Crippen LogP contribution >= 0.6 is 0 Å². The molecule has 2 saturated heterocycles. The third-order valence-electron chi connectivity index (χ3n) is 7.23. The monoisotopic (exact) mass is 482 g/mol. The summed E-state index contributed by atoms with van der Waals surface area (Å²) >= 11 is 0.